The lowest BCUT2D eigenvalue weighted by molar-refractivity contribution is 0.313. The number of anilines is 3. The van der Waals surface area contributed by atoms with Crippen molar-refractivity contribution < 1.29 is 0 Å². The third-order valence-electron chi connectivity index (χ3n) is 8.07. The van der Waals surface area contributed by atoms with Crippen LogP contribution in [0.15, 0.2) is 96.1 Å². The first kappa shape index (κ1) is 27.7. The number of nitrogens with one attached hydrogen (secondary N) is 1. The van der Waals surface area contributed by atoms with E-state index in [1.807, 2.05) is 36.5 Å². The largest absolute Gasteiger partial charge is 0.369 e. The highest BCUT2D eigenvalue weighted by atomic mass is 16.1. The van der Waals surface area contributed by atoms with E-state index in [1.54, 1.807) is 10.8 Å². The van der Waals surface area contributed by atoms with Crippen LogP contribution >= 0.6 is 0 Å². The summed E-state index contributed by atoms with van der Waals surface area (Å²) in [5, 5.41) is 3.84. The van der Waals surface area contributed by atoms with Crippen LogP contribution < -0.4 is 15.8 Å². The van der Waals surface area contributed by atoms with Crippen molar-refractivity contribution in [2.75, 3.05) is 43.4 Å². The van der Waals surface area contributed by atoms with Gasteiger partial charge in [-0.2, -0.15) is 0 Å². The van der Waals surface area contributed by atoms with Crippen molar-refractivity contribution in [3.8, 4) is 11.1 Å². The van der Waals surface area contributed by atoms with Crippen LogP contribution in [0.25, 0.3) is 22.0 Å². The Bertz CT molecular complexity index is 1730. The summed E-state index contributed by atoms with van der Waals surface area (Å²) in [5.74, 6) is 0.460. The zero-order chi connectivity index (χ0) is 29.3. The summed E-state index contributed by atoms with van der Waals surface area (Å²) in [5.41, 5.74) is 6.97. The zero-order valence-electron chi connectivity index (χ0n) is 24.8. The minimum Gasteiger partial charge on any atom is -0.369 e. The van der Waals surface area contributed by atoms with Crippen molar-refractivity contribution in [1.29, 1.82) is 0 Å². The second-order valence-electron chi connectivity index (χ2n) is 12.2. The van der Waals surface area contributed by atoms with Crippen molar-refractivity contribution in [2.45, 2.75) is 32.7 Å². The molecule has 3 heterocycles. The van der Waals surface area contributed by atoms with Gasteiger partial charge in [0.2, 0.25) is 5.95 Å². The molecule has 0 bridgehead atoms. The molecule has 7 nitrogen and oxygen atoms in total. The van der Waals surface area contributed by atoms with Gasteiger partial charge in [0, 0.05) is 55.5 Å². The van der Waals surface area contributed by atoms with Gasteiger partial charge in [0.25, 0.3) is 5.56 Å². The molecule has 3 aromatic carbocycles. The molecule has 0 amide bonds. The van der Waals surface area contributed by atoms with E-state index < -0.39 is 0 Å². The van der Waals surface area contributed by atoms with Crippen LogP contribution in [0.1, 0.15) is 31.9 Å². The Balaban J connectivity index is 1.32. The summed E-state index contributed by atoms with van der Waals surface area (Å²) in [7, 11) is 2.16. The quantitative estimate of drug-likeness (QED) is 0.264. The number of hydrogen-bond acceptors (Lipinski definition) is 6. The van der Waals surface area contributed by atoms with Crippen molar-refractivity contribution in [1.82, 2.24) is 19.4 Å². The molecule has 0 aliphatic carbocycles. The molecule has 7 heteroatoms. The fourth-order valence-corrected chi connectivity index (χ4v) is 5.44. The van der Waals surface area contributed by atoms with E-state index in [1.165, 1.54) is 11.3 Å². The smallest absolute Gasteiger partial charge is 0.261 e. The van der Waals surface area contributed by atoms with E-state index in [0.717, 1.165) is 48.6 Å². The van der Waals surface area contributed by atoms with E-state index >= 15 is 0 Å². The van der Waals surface area contributed by atoms with Gasteiger partial charge in [-0.15, -0.1) is 0 Å². The SMILES string of the molecule is CN1CCN(c2ccc(Nc3ncc4c(=O)n(Cc5ccc(C(C)(C)C)cc5)cc(-c5ccccc5)c4n3)cc2)CC1. The number of pyridine rings is 1. The molecule has 42 heavy (non-hydrogen) atoms. The monoisotopic (exact) mass is 558 g/mol. The molecule has 2 aromatic heterocycles. The van der Waals surface area contributed by atoms with E-state index in [4.69, 9.17) is 4.98 Å². The predicted molar refractivity (Wildman–Crippen MR) is 173 cm³/mol. The number of rotatable bonds is 6. The maximum atomic E-state index is 13.7. The highest BCUT2D eigenvalue weighted by molar-refractivity contribution is 5.93. The number of likely N-dealkylation sites (N-methyl/N-ethyl adjacent to an activating group) is 1. The fourth-order valence-electron chi connectivity index (χ4n) is 5.44. The molecule has 0 unspecified atom stereocenters. The summed E-state index contributed by atoms with van der Waals surface area (Å²) in [4.78, 5) is 27.9. The first-order valence-corrected chi connectivity index (χ1v) is 14.6. The normalized spacial score (nSPS) is 14.3. The Morgan fingerprint density at radius 3 is 2.21 bits per heavy atom. The van der Waals surface area contributed by atoms with E-state index in [-0.39, 0.29) is 11.0 Å². The van der Waals surface area contributed by atoms with Gasteiger partial charge in [-0.25, -0.2) is 9.97 Å². The van der Waals surface area contributed by atoms with Gasteiger partial charge in [-0.3, -0.25) is 4.79 Å². The zero-order valence-corrected chi connectivity index (χ0v) is 24.8. The number of fused-ring (bicyclic) bond motifs is 1. The van der Waals surface area contributed by atoms with Gasteiger partial charge in [0.1, 0.15) is 0 Å². The molecule has 214 valence electrons. The number of benzene rings is 3. The average Bonchev–Trinajstić information content (AvgIpc) is 3.00. The van der Waals surface area contributed by atoms with Gasteiger partial charge in [0.15, 0.2) is 0 Å². The summed E-state index contributed by atoms with van der Waals surface area (Å²) in [6, 6.07) is 27.0. The Kier molecular flexibility index (Phi) is 7.52. The molecular formula is C35H38N6O. The second-order valence-corrected chi connectivity index (χ2v) is 12.2. The van der Waals surface area contributed by atoms with Crippen LogP contribution in [0.3, 0.4) is 0 Å². The van der Waals surface area contributed by atoms with E-state index in [2.05, 4.69) is 96.5 Å². The molecular weight excluding hydrogens is 520 g/mol. The maximum Gasteiger partial charge on any atom is 0.261 e. The molecule has 1 fully saturated rings. The Morgan fingerprint density at radius 1 is 0.857 bits per heavy atom. The summed E-state index contributed by atoms with van der Waals surface area (Å²) in [6.45, 7) is 11.3. The third-order valence-corrected chi connectivity index (χ3v) is 8.07. The molecule has 5 aromatic rings. The minimum atomic E-state index is -0.104. The first-order valence-electron chi connectivity index (χ1n) is 14.6. The lowest BCUT2D eigenvalue weighted by atomic mass is 9.87. The highest BCUT2D eigenvalue weighted by Gasteiger charge is 2.17. The lowest BCUT2D eigenvalue weighted by Gasteiger charge is -2.34. The van der Waals surface area contributed by atoms with Crippen LogP contribution in [0.2, 0.25) is 0 Å². The van der Waals surface area contributed by atoms with Crippen LogP contribution in [-0.4, -0.2) is 52.7 Å². The van der Waals surface area contributed by atoms with Gasteiger partial charge < -0.3 is 19.7 Å². The molecule has 0 radical (unpaired) electrons. The second kappa shape index (κ2) is 11.4. The van der Waals surface area contributed by atoms with Crippen molar-refractivity contribution >= 4 is 28.2 Å². The molecule has 0 saturated carbocycles. The van der Waals surface area contributed by atoms with Crippen molar-refractivity contribution in [2.24, 2.45) is 0 Å². The van der Waals surface area contributed by atoms with Crippen molar-refractivity contribution in [3.63, 3.8) is 0 Å². The van der Waals surface area contributed by atoms with Crippen LogP contribution in [0.5, 0.6) is 0 Å². The van der Waals surface area contributed by atoms with E-state index in [9.17, 15) is 4.79 Å². The predicted octanol–water partition coefficient (Wildman–Crippen LogP) is 6.30. The van der Waals surface area contributed by atoms with Gasteiger partial charge in [0.05, 0.1) is 17.4 Å². The molecule has 0 spiro atoms. The van der Waals surface area contributed by atoms with E-state index in [0.29, 0.717) is 23.4 Å². The summed E-state index contributed by atoms with van der Waals surface area (Å²) < 4.78 is 1.77. The van der Waals surface area contributed by atoms with Crippen LogP contribution in [0, 0.1) is 0 Å². The Labute approximate surface area is 247 Å². The van der Waals surface area contributed by atoms with Crippen molar-refractivity contribution in [3.05, 3.63) is 113 Å². The number of nitrogens with zero attached hydrogens (tertiary/aromatic N) is 5. The number of aromatic nitrogens is 3. The van der Waals surface area contributed by atoms with Crippen LogP contribution in [-0.2, 0) is 12.0 Å². The summed E-state index contributed by atoms with van der Waals surface area (Å²) >= 11 is 0. The Morgan fingerprint density at radius 2 is 1.55 bits per heavy atom. The number of hydrogen-bond donors (Lipinski definition) is 1. The third kappa shape index (κ3) is 5.92. The van der Waals surface area contributed by atoms with Gasteiger partial charge >= 0.3 is 0 Å². The molecule has 6 rings (SSSR count). The minimum absolute atomic E-state index is 0.0779. The van der Waals surface area contributed by atoms with Gasteiger partial charge in [-0.1, -0.05) is 75.4 Å². The molecule has 1 N–H and O–H groups in total. The Hall–Kier alpha value is -4.49. The average molecular weight is 559 g/mol. The topological polar surface area (TPSA) is 66.3 Å². The maximum absolute atomic E-state index is 13.7. The molecule has 1 saturated heterocycles. The molecule has 1 aliphatic rings. The fraction of sp³-hybridized carbons (Fsp3) is 0.286. The van der Waals surface area contributed by atoms with Crippen LogP contribution in [0.4, 0.5) is 17.3 Å². The lowest BCUT2D eigenvalue weighted by Crippen LogP contribution is -2.44. The van der Waals surface area contributed by atoms with Gasteiger partial charge in [-0.05, 0) is 53.4 Å². The standard InChI is InChI=1S/C35H38N6O/c1-35(2,3)27-12-10-25(11-13-27)23-41-24-31(26-8-6-5-7-9-26)32-30(33(41)42)22-36-34(38-32)37-28-14-16-29(17-15-28)40-20-18-39(4)19-21-40/h5-17,22,24H,18-21,23H2,1-4H3,(H,36,37,38). The summed E-state index contributed by atoms with van der Waals surface area (Å²) in [6.07, 6.45) is 3.58. The highest BCUT2D eigenvalue weighted by Crippen LogP contribution is 2.28. The molecule has 1 aliphatic heterocycles. The molecule has 0 atom stereocenters. The first-order chi connectivity index (χ1) is 20.2. The number of piperazine rings is 1.